The van der Waals surface area contributed by atoms with Gasteiger partial charge in [-0.3, -0.25) is 5.10 Å². The number of anilines is 4. The van der Waals surface area contributed by atoms with Crippen LogP contribution in [0.15, 0.2) is 67.5 Å². The van der Waals surface area contributed by atoms with E-state index in [1.807, 2.05) is 42.5 Å². The molecule has 0 saturated carbocycles. The Morgan fingerprint density at radius 3 is 2.86 bits per heavy atom. The van der Waals surface area contributed by atoms with Crippen LogP contribution in [0, 0.1) is 0 Å². The van der Waals surface area contributed by atoms with E-state index in [9.17, 15) is 0 Å². The Morgan fingerprint density at radius 1 is 1.07 bits per heavy atom. The van der Waals surface area contributed by atoms with Crippen LogP contribution >= 0.6 is 0 Å². The second-order valence-electron chi connectivity index (χ2n) is 6.70. The van der Waals surface area contributed by atoms with Crippen LogP contribution < -0.4 is 16.0 Å². The Balaban J connectivity index is 1.49. The van der Waals surface area contributed by atoms with Gasteiger partial charge in [0.15, 0.2) is 5.82 Å². The van der Waals surface area contributed by atoms with E-state index in [0.717, 1.165) is 52.2 Å². The van der Waals surface area contributed by atoms with Crippen molar-refractivity contribution in [2.45, 2.75) is 13.3 Å². The largest absolute Gasteiger partial charge is 0.385 e. The van der Waals surface area contributed by atoms with Crippen molar-refractivity contribution < 1.29 is 0 Å². The van der Waals surface area contributed by atoms with Gasteiger partial charge < -0.3 is 16.0 Å². The maximum Gasteiger partial charge on any atom is 0.155 e. The average molecular weight is 385 g/mol. The molecule has 0 bridgehead atoms. The minimum atomic E-state index is 0.638. The molecule has 0 spiro atoms. The van der Waals surface area contributed by atoms with Gasteiger partial charge in [0.25, 0.3) is 0 Å². The summed E-state index contributed by atoms with van der Waals surface area (Å²) < 4.78 is 0. The van der Waals surface area contributed by atoms with Crippen LogP contribution in [-0.2, 0) is 0 Å². The number of para-hydroxylation sites is 1. The smallest absolute Gasteiger partial charge is 0.155 e. The molecule has 4 rings (SSSR count). The summed E-state index contributed by atoms with van der Waals surface area (Å²) in [4.78, 5) is 0. The van der Waals surface area contributed by atoms with Gasteiger partial charge in [0, 0.05) is 40.6 Å². The SMILES string of the molecule is C=C(Nc1cnnc(Nc2ccc3cn[nH]c3c2)c1)c1ccccc1NCCC. The molecule has 2 aromatic carbocycles. The Morgan fingerprint density at radius 2 is 1.97 bits per heavy atom. The monoisotopic (exact) mass is 385 g/mol. The van der Waals surface area contributed by atoms with Gasteiger partial charge in [0.2, 0.25) is 0 Å². The molecular weight excluding hydrogens is 362 g/mol. The standard InChI is InChI=1S/C22H23N7/c1-3-10-23-20-7-5-4-6-19(20)15(2)26-18-12-22(29-25-14-18)27-17-9-8-16-13-24-28-21(16)11-17/h4-9,11-14,23H,2-3,10H2,1H3,(H,24,28)(H2,26,27,29). The summed E-state index contributed by atoms with van der Waals surface area (Å²) in [5.74, 6) is 0.638. The van der Waals surface area contributed by atoms with E-state index < -0.39 is 0 Å². The first-order valence-corrected chi connectivity index (χ1v) is 9.55. The van der Waals surface area contributed by atoms with Crippen LogP contribution in [0.25, 0.3) is 16.6 Å². The number of nitrogens with zero attached hydrogens (tertiary/aromatic N) is 3. The van der Waals surface area contributed by atoms with E-state index in [0.29, 0.717) is 5.82 Å². The lowest BCUT2D eigenvalue weighted by molar-refractivity contribution is 0.979. The summed E-state index contributed by atoms with van der Waals surface area (Å²) in [6, 6.07) is 16.0. The fourth-order valence-corrected chi connectivity index (χ4v) is 3.06. The van der Waals surface area contributed by atoms with Crippen molar-refractivity contribution in [1.29, 1.82) is 0 Å². The minimum Gasteiger partial charge on any atom is -0.385 e. The topological polar surface area (TPSA) is 90.6 Å². The Hall–Kier alpha value is -3.87. The Labute approximate surface area is 169 Å². The van der Waals surface area contributed by atoms with Crippen molar-refractivity contribution >= 4 is 39.5 Å². The third-order valence-electron chi connectivity index (χ3n) is 4.48. The van der Waals surface area contributed by atoms with E-state index in [2.05, 4.69) is 55.9 Å². The molecule has 4 N–H and O–H groups in total. The summed E-state index contributed by atoms with van der Waals surface area (Å²) in [6.07, 6.45) is 4.53. The Kier molecular flexibility index (Phi) is 5.38. The zero-order chi connectivity index (χ0) is 20.1. The number of aromatic nitrogens is 4. The first kappa shape index (κ1) is 18.5. The molecule has 0 amide bonds. The summed E-state index contributed by atoms with van der Waals surface area (Å²) in [6.45, 7) is 7.26. The third-order valence-corrected chi connectivity index (χ3v) is 4.48. The molecule has 2 aromatic heterocycles. The Bertz CT molecular complexity index is 1130. The van der Waals surface area contributed by atoms with Gasteiger partial charge in [-0.2, -0.15) is 10.2 Å². The van der Waals surface area contributed by atoms with Crippen LogP contribution in [0.1, 0.15) is 18.9 Å². The molecule has 0 radical (unpaired) electrons. The lowest BCUT2D eigenvalue weighted by Gasteiger charge is -2.15. The molecule has 0 aliphatic rings. The highest BCUT2D eigenvalue weighted by Gasteiger charge is 2.07. The molecule has 0 aliphatic heterocycles. The number of H-pyrrole nitrogens is 1. The number of nitrogens with one attached hydrogen (secondary N) is 4. The predicted octanol–water partition coefficient (Wildman–Crippen LogP) is 5.00. The highest BCUT2D eigenvalue weighted by Crippen LogP contribution is 2.26. The van der Waals surface area contributed by atoms with E-state index in [4.69, 9.17) is 0 Å². The molecular formula is C22H23N7. The molecule has 0 fully saturated rings. The van der Waals surface area contributed by atoms with Gasteiger partial charge in [-0.05, 0) is 30.7 Å². The van der Waals surface area contributed by atoms with E-state index in [1.54, 1.807) is 12.4 Å². The van der Waals surface area contributed by atoms with Crippen LogP contribution in [-0.4, -0.2) is 26.9 Å². The van der Waals surface area contributed by atoms with Gasteiger partial charge in [0.1, 0.15) is 0 Å². The highest BCUT2D eigenvalue weighted by atomic mass is 15.2. The fourth-order valence-electron chi connectivity index (χ4n) is 3.06. The molecule has 0 atom stereocenters. The van der Waals surface area contributed by atoms with Crippen LogP contribution in [0.4, 0.5) is 22.9 Å². The number of hydrogen-bond acceptors (Lipinski definition) is 6. The van der Waals surface area contributed by atoms with Gasteiger partial charge in [-0.25, -0.2) is 0 Å². The van der Waals surface area contributed by atoms with Crippen molar-refractivity contribution in [3.63, 3.8) is 0 Å². The molecule has 29 heavy (non-hydrogen) atoms. The zero-order valence-corrected chi connectivity index (χ0v) is 16.2. The average Bonchev–Trinajstić information content (AvgIpc) is 3.20. The van der Waals surface area contributed by atoms with Crippen molar-refractivity contribution in [2.24, 2.45) is 0 Å². The van der Waals surface area contributed by atoms with Crippen molar-refractivity contribution in [3.8, 4) is 0 Å². The fraction of sp³-hybridized carbons (Fsp3) is 0.136. The first-order chi connectivity index (χ1) is 14.2. The van der Waals surface area contributed by atoms with Gasteiger partial charge >= 0.3 is 0 Å². The van der Waals surface area contributed by atoms with Gasteiger partial charge in [-0.15, -0.1) is 5.10 Å². The molecule has 7 heteroatoms. The maximum absolute atomic E-state index is 4.20. The van der Waals surface area contributed by atoms with Crippen LogP contribution in [0.2, 0.25) is 0 Å². The second-order valence-corrected chi connectivity index (χ2v) is 6.70. The van der Waals surface area contributed by atoms with Crippen molar-refractivity contribution in [1.82, 2.24) is 20.4 Å². The lowest BCUT2D eigenvalue weighted by Crippen LogP contribution is -2.06. The molecule has 2 heterocycles. The second kappa shape index (κ2) is 8.43. The normalized spacial score (nSPS) is 10.7. The number of benzene rings is 2. The van der Waals surface area contributed by atoms with Crippen molar-refractivity contribution in [2.75, 3.05) is 22.5 Å². The predicted molar refractivity (Wildman–Crippen MR) is 119 cm³/mol. The lowest BCUT2D eigenvalue weighted by atomic mass is 10.1. The number of hydrogen-bond donors (Lipinski definition) is 4. The molecule has 4 aromatic rings. The maximum atomic E-state index is 4.20. The number of aromatic amines is 1. The number of rotatable bonds is 8. The van der Waals surface area contributed by atoms with E-state index >= 15 is 0 Å². The molecule has 0 saturated heterocycles. The molecule has 7 nitrogen and oxygen atoms in total. The van der Waals surface area contributed by atoms with Gasteiger partial charge in [0.05, 0.1) is 23.6 Å². The highest BCUT2D eigenvalue weighted by molar-refractivity contribution is 5.84. The van der Waals surface area contributed by atoms with Crippen molar-refractivity contribution in [3.05, 3.63) is 73.1 Å². The third kappa shape index (κ3) is 4.35. The van der Waals surface area contributed by atoms with Gasteiger partial charge in [-0.1, -0.05) is 31.7 Å². The van der Waals surface area contributed by atoms with Crippen LogP contribution in [0.5, 0.6) is 0 Å². The molecule has 0 unspecified atom stereocenters. The van der Waals surface area contributed by atoms with E-state index in [1.165, 1.54) is 0 Å². The number of fused-ring (bicyclic) bond motifs is 1. The summed E-state index contributed by atoms with van der Waals surface area (Å²) in [7, 11) is 0. The quantitative estimate of drug-likeness (QED) is 0.341. The first-order valence-electron chi connectivity index (χ1n) is 9.55. The molecule has 146 valence electrons. The summed E-state index contributed by atoms with van der Waals surface area (Å²) in [5, 5.41) is 26.4. The van der Waals surface area contributed by atoms with E-state index in [-0.39, 0.29) is 0 Å². The minimum absolute atomic E-state index is 0.638. The van der Waals surface area contributed by atoms with Crippen LogP contribution in [0.3, 0.4) is 0 Å². The summed E-state index contributed by atoms with van der Waals surface area (Å²) in [5.41, 5.74) is 5.54. The zero-order valence-electron chi connectivity index (χ0n) is 16.2. The summed E-state index contributed by atoms with van der Waals surface area (Å²) >= 11 is 0. The molecule has 0 aliphatic carbocycles.